The molecule has 0 aromatic heterocycles. The van der Waals surface area contributed by atoms with E-state index in [2.05, 4.69) is 43.4 Å². The minimum Gasteiger partial charge on any atom is -0.374 e. The van der Waals surface area contributed by atoms with Crippen molar-refractivity contribution < 1.29 is 13.5 Å². The van der Waals surface area contributed by atoms with Crippen LogP contribution in [-0.2, 0) is 11.2 Å². The van der Waals surface area contributed by atoms with Crippen LogP contribution in [0.4, 0.5) is 8.78 Å². The zero-order valence-electron chi connectivity index (χ0n) is 11.7. The van der Waals surface area contributed by atoms with Gasteiger partial charge in [0.2, 0.25) is 0 Å². The second-order valence-electron chi connectivity index (χ2n) is 4.48. The zero-order chi connectivity index (χ0) is 14.1. The molecule has 0 fully saturated rings. The van der Waals surface area contributed by atoms with Crippen LogP contribution in [0.25, 0.3) is 0 Å². The highest BCUT2D eigenvalue weighted by Crippen LogP contribution is 2.17. The van der Waals surface area contributed by atoms with Crippen molar-refractivity contribution in [1.29, 1.82) is 0 Å². The maximum atomic E-state index is 11.9. The second kappa shape index (κ2) is 8.99. The first-order valence-corrected chi connectivity index (χ1v) is 6.85. The molecule has 1 N–H and O–H groups in total. The number of hydrogen-bond donors (Lipinski definition) is 1. The summed E-state index contributed by atoms with van der Waals surface area (Å²) in [6, 6.07) is 8.76. The molecule has 0 aliphatic rings. The molecule has 19 heavy (non-hydrogen) atoms. The summed E-state index contributed by atoms with van der Waals surface area (Å²) in [7, 11) is 0. The van der Waals surface area contributed by atoms with Gasteiger partial charge in [0, 0.05) is 12.6 Å². The smallest absolute Gasteiger partial charge is 0.261 e. The van der Waals surface area contributed by atoms with Gasteiger partial charge in [0.15, 0.2) is 0 Å². The highest BCUT2D eigenvalue weighted by Gasteiger charge is 2.08. The first-order valence-electron chi connectivity index (χ1n) is 6.85. The molecule has 0 spiro atoms. The summed E-state index contributed by atoms with van der Waals surface area (Å²) in [5.41, 5.74) is 2.55. The molecule has 0 aliphatic heterocycles. The first kappa shape index (κ1) is 16.1. The Morgan fingerprint density at radius 2 is 1.84 bits per heavy atom. The Kier molecular flexibility index (Phi) is 7.60. The maximum Gasteiger partial charge on any atom is 0.261 e. The van der Waals surface area contributed by atoms with Crippen LogP contribution in [-0.4, -0.2) is 26.2 Å². The summed E-state index contributed by atoms with van der Waals surface area (Å²) in [6.45, 7) is 4.65. The largest absolute Gasteiger partial charge is 0.374 e. The Labute approximate surface area is 114 Å². The van der Waals surface area contributed by atoms with Crippen LogP contribution in [0.1, 0.15) is 37.4 Å². The molecule has 0 saturated carbocycles. The van der Waals surface area contributed by atoms with E-state index in [1.807, 2.05) is 0 Å². The SMILES string of the molecule is CCc1ccc(C(CC)NCCOCC(F)F)cc1. The Morgan fingerprint density at radius 3 is 2.37 bits per heavy atom. The van der Waals surface area contributed by atoms with Crippen LogP contribution < -0.4 is 5.32 Å². The Hall–Kier alpha value is -1.00. The lowest BCUT2D eigenvalue weighted by Crippen LogP contribution is -2.25. The van der Waals surface area contributed by atoms with Crippen LogP contribution in [0, 0.1) is 0 Å². The van der Waals surface area contributed by atoms with Crippen LogP contribution in [0.2, 0.25) is 0 Å². The Bertz CT molecular complexity index is 341. The topological polar surface area (TPSA) is 21.3 Å². The average molecular weight is 271 g/mol. The zero-order valence-corrected chi connectivity index (χ0v) is 11.7. The van der Waals surface area contributed by atoms with Gasteiger partial charge in [0.05, 0.1) is 6.61 Å². The molecule has 1 rings (SSSR count). The van der Waals surface area contributed by atoms with Gasteiger partial charge in [-0.1, -0.05) is 38.1 Å². The minimum atomic E-state index is -2.39. The summed E-state index contributed by atoms with van der Waals surface area (Å²) in [6.07, 6.45) is -0.393. The van der Waals surface area contributed by atoms with Gasteiger partial charge in [-0.2, -0.15) is 0 Å². The van der Waals surface area contributed by atoms with Gasteiger partial charge < -0.3 is 10.1 Å². The van der Waals surface area contributed by atoms with Gasteiger partial charge in [-0.3, -0.25) is 0 Å². The fraction of sp³-hybridized carbons (Fsp3) is 0.600. The number of alkyl halides is 2. The normalized spacial score (nSPS) is 12.9. The van der Waals surface area contributed by atoms with Crippen molar-refractivity contribution in [3.63, 3.8) is 0 Å². The molecule has 1 unspecified atom stereocenters. The molecule has 1 aromatic carbocycles. The van der Waals surface area contributed by atoms with Crippen LogP contribution in [0.3, 0.4) is 0 Å². The van der Waals surface area contributed by atoms with E-state index < -0.39 is 13.0 Å². The first-order chi connectivity index (χ1) is 9.17. The lowest BCUT2D eigenvalue weighted by atomic mass is 10.0. The number of nitrogens with one attached hydrogen (secondary N) is 1. The molecule has 0 saturated heterocycles. The molecule has 1 aromatic rings. The van der Waals surface area contributed by atoms with Crippen molar-refractivity contribution >= 4 is 0 Å². The molecular formula is C15H23F2NO. The highest BCUT2D eigenvalue weighted by molar-refractivity contribution is 5.24. The standard InChI is InChI=1S/C15H23F2NO/c1-3-12-5-7-13(8-6-12)14(4-2)18-9-10-19-11-15(16)17/h5-8,14-15,18H,3-4,9-11H2,1-2H3. The Balaban J connectivity index is 2.35. The molecule has 4 heteroatoms. The Morgan fingerprint density at radius 1 is 1.16 bits per heavy atom. The van der Waals surface area contributed by atoms with Crippen molar-refractivity contribution in [1.82, 2.24) is 5.32 Å². The number of rotatable bonds is 9. The van der Waals surface area contributed by atoms with E-state index in [4.69, 9.17) is 4.74 Å². The fourth-order valence-corrected chi connectivity index (χ4v) is 1.96. The van der Waals surface area contributed by atoms with E-state index in [9.17, 15) is 8.78 Å². The third kappa shape index (κ3) is 6.12. The van der Waals surface area contributed by atoms with E-state index in [0.717, 1.165) is 12.8 Å². The van der Waals surface area contributed by atoms with Crippen molar-refractivity contribution in [2.45, 2.75) is 39.2 Å². The van der Waals surface area contributed by atoms with E-state index in [1.54, 1.807) is 0 Å². The van der Waals surface area contributed by atoms with Crippen molar-refractivity contribution in [3.05, 3.63) is 35.4 Å². The molecule has 0 heterocycles. The third-order valence-electron chi connectivity index (χ3n) is 3.08. The fourth-order valence-electron chi connectivity index (χ4n) is 1.96. The van der Waals surface area contributed by atoms with Crippen molar-refractivity contribution in [2.75, 3.05) is 19.8 Å². The molecular weight excluding hydrogens is 248 g/mol. The quantitative estimate of drug-likeness (QED) is 0.693. The highest BCUT2D eigenvalue weighted by atomic mass is 19.3. The molecule has 108 valence electrons. The summed E-state index contributed by atoms with van der Waals surface area (Å²) in [5, 5.41) is 3.33. The monoisotopic (exact) mass is 271 g/mol. The number of hydrogen-bond acceptors (Lipinski definition) is 2. The molecule has 2 nitrogen and oxygen atoms in total. The summed E-state index contributed by atoms with van der Waals surface area (Å²) in [5.74, 6) is 0. The third-order valence-corrected chi connectivity index (χ3v) is 3.08. The van der Waals surface area contributed by atoms with E-state index >= 15 is 0 Å². The minimum absolute atomic E-state index is 0.251. The predicted octanol–water partition coefficient (Wildman–Crippen LogP) is 3.57. The van der Waals surface area contributed by atoms with E-state index in [1.165, 1.54) is 11.1 Å². The van der Waals surface area contributed by atoms with Gasteiger partial charge in [-0.05, 0) is 24.0 Å². The molecule has 0 bridgehead atoms. The van der Waals surface area contributed by atoms with Crippen molar-refractivity contribution in [3.8, 4) is 0 Å². The lowest BCUT2D eigenvalue weighted by Gasteiger charge is -2.18. The average Bonchev–Trinajstić information content (AvgIpc) is 2.43. The van der Waals surface area contributed by atoms with Crippen molar-refractivity contribution in [2.24, 2.45) is 0 Å². The maximum absolute atomic E-state index is 11.9. The predicted molar refractivity (Wildman–Crippen MR) is 73.7 cm³/mol. The van der Waals surface area contributed by atoms with Gasteiger partial charge in [-0.15, -0.1) is 0 Å². The summed E-state index contributed by atoms with van der Waals surface area (Å²) < 4.78 is 28.6. The second-order valence-corrected chi connectivity index (χ2v) is 4.48. The molecule has 0 radical (unpaired) electrons. The number of ether oxygens (including phenoxy) is 1. The molecule has 0 amide bonds. The molecule has 1 atom stereocenters. The lowest BCUT2D eigenvalue weighted by molar-refractivity contribution is 0.0181. The van der Waals surface area contributed by atoms with Gasteiger partial charge in [0.1, 0.15) is 6.61 Å². The number of aryl methyl sites for hydroxylation is 1. The van der Waals surface area contributed by atoms with Crippen LogP contribution in [0.5, 0.6) is 0 Å². The van der Waals surface area contributed by atoms with E-state index in [-0.39, 0.29) is 6.04 Å². The van der Waals surface area contributed by atoms with Crippen LogP contribution >= 0.6 is 0 Å². The number of benzene rings is 1. The number of halogens is 2. The summed E-state index contributed by atoms with van der Waals surface area (Å²) >= 11 is 0. The van der Waals surface area contributed by atoms with E-state index in [0.29, 0.717) is 13.2 Å². The molecule has 0 aliphatic carbocycles. The summed E-state index contributed by atoms with van der Waals surface area (Å²) in [4.78, 5) is 0. The van der Waals surface area contributed by atoms with Crippen LogP contribution in [0.15, 0.2) is 24.3 Å². The van der Waals surface area contributed by atoms with Gasteiger partial charge in [0.25, 0.3) is 6.43 Å². The van der Waals surface area contributed by atoms with Gasteiger partial charge >= 0.3 is 0 Å². The van der Waals surface area contributed by atoms with Gasteiger partial charge in [-0.25, -0.2) is 8.78 Å².